The highest BCUT2D eigenvalue weighted by Crippen LogP contribution is 2.50. The van der Waals surface area contributed by atoms with Crippen LogP contribution in [0.25, 0.3) is 0 Å². The van der Waals surface area contributed by atoms with Crippen LogP contribution in [0.4, 0.5) is 0 Å². The van der Waals surface area contributed by atoms with E-state index in [1.165, 1.54) is 51.4 Å². The topological polar surface area (TPSA) is 9.23 Å². The lowest BCUT2D eigenvalue weighted by Crippen LogP contribution is -2.37. The zero-order valence-corrected chi connectivity index (χ0v) is 10.0. The van der Waals surface area contributed by atoms with Crippen LogP contribution < -0.4 is 0 Å². The number of ether oxygens (including phenoxy) is 1. The summed E-state index contributed by atoms with van der Waals surface area (Å²) in [6, 6.07) is 0. The van der Waals surface area contributed by atoms with Crippen molar-refractivity contribution in [2.45, 2.75) is 63.9 Å². The Bertz CT molecular complexity index is 213. The van der Waals surface area contributed by atoms with Crippen LogP contribution in [0.2, 0.25) is 0 Å². The average molecular weight is 208 g/mol. The first-order valence-corrected chi connectivity index (χ1v) is 6.95. The maximum absolute atomic E-state index is 6.28. The first-order valence-electron chi connectivity index (χ1n) is 6.95. The van der Waals surface area contributed by atoms with Gasteiger partial charge in [0.2, 0.25) is 0 Å². The lowest BCUT2D eigenvalue weighted by atomic mass is 9.75. The molecule has 0 bridgehead atoms. The third-order valence-electron chi connectivity index (χ3n) is 5.24. The van der Waals surface area contributed by atoms with Crippen LogP contribution in [0.3, 0.4) is 0 Å². The maximum Gasteiger partial charge on any atom is 0.0683 e. The van der Waals surface area contributed by atoms with E-state index in [1.807, 2.05) is 0 Å². The van der Waals surface area contributed by atoms with Gasteiger partial charge in [-0.05, 0) is 62.7 Å². The molecule has 0 N–H and O–H groups in total. The Morgan fingerprint density at radius 2 is 1.80 bits per heavy atom. The molecule has 0 aromatic rings. The second kappa shape index (κ2) is 3.76. The van der Waals surface area contributed by atoms with E-state index >= 15 is 0 Å². The number of fused-ring (bicyclic) bond motifs is 1. The molecular formula is C14H24O. The summed E-state index contributed by atoms with van der Waals surface area (Å²) in [4.78, 5) is 0. The number of hydrogen-bond donors (Lipinski definition) is 0. The van der Waals surface area contributed by atoms with Gasteiger partial charge in [0, 0.05) is 0 Å². The molecule has 3 fully saturated rings. The molecule has 3 rings (SSSR count). The van der Waals surface area contributed by atoms with Gasteiger partial charge in [0.05, 0.1) is 12.2 Å². The van der Waals surface area contributed by atoms with Gasteiger partial charge in [0.15, 0.2) is 0 Å². The van der Waals surface area contributed by atoms with Crippen LogP contribution >= 0.6 is 0 Å². The first kappa shape index (κ1) is 10.1. The van der Waals surface area contributed by atoms with E-state index in [4.69, 9.17) is 4.74 Å². The van der Waals surface area contributed by atoms with Gasteiger partial charge < -0.3 is 4.74 Å². The molecule has 1 heterocycles. The van der Waals surface area contributed by atoms with Crippen molar-refractivity contribution in [2.75, 3.05) is 6.61 Å². The van der Waals surface area contributed by atoms with Crippen molar-refractivity contribution in [3.05, 3.63) is 0 Å². The summed E-state index contributed by atoms with van der Waals surface area (Å²) in [5.41, 5.74) is 0.332. The molecule has 1 nitrogen and oxygen atoms in total. The predicted octanol–water partition coefficient (Wildman–Crippen LogP) is 3.77. The minimum atomic E-state index is 0.332. The van der Waals surface area contributed by atoms with Crippen molar-refractivity contribution in [3.8, 4) is 0 Å². The van der Waals surface area contributed by atoms with E-state index < -0.39 is 0 Å². The van der Waals surface area contributed by atoms with Crippen LogP contribution in [-0.2, 0) is 4.74 Å². The average Bonchev–Trinajstić information content (AvgIpc) is 3.03. The van der Waals surface area contributed by atoms with Crippen molar-refractivity contribution in [1.82, 2.24) is 0 Å². The molecule has 0 aromatic heterocycles. The van der Waals surface area contributed by atoms with E-state index in [0.717, 1.165) is 24.4 Å². The molecule has 1 aliphatic heterocycles. The lowest BCUT2D eigenvalue weighted by Gasteiger charge is -2.39. The van der Waals surface area contributed by atoms with Crippen molar-refractivity contribution >= 4 is 0 Å². The lowest BCUT2D eigenvalue weighted by molar-refractivity contribution is -0.0816. The minimum absolute atomic E-state index is 0.332. The quantitative estimate of drug-likeness (QED) is 0.637. The minimum Gasteiger partial charge on any atom is -0.375 e. The van der Waals surface area contributed by atoms with Gasteiger partial charge in [-0.25, -0.2) is 0 Å². The van der Waals surface area contributed by atoms with Crippen LogP contribution in [0, 0.1) is 17.8 Å². The molecule has 1 heteroatoms. The standard InChI is InChI=1S/C14H24O/c1-2-11-3-6-14(7-4-11)8-5-12-9-13(12)10-15-14/h11-13H,2-10H2,1H3/t11?,12-,13+,14?/m1/s1. The molecule has 0 radical (unpaired) electrons. The highest BCUT2D eigenvalue weighted by molar-refractivity contribution is 4.96. The largest absolute Gasteiger partial charge is 0.375 e. The van der Waals surface area contributed by atoms with Crippen LogP contribution in [0.5, 0.6) is 0 Å². The summed E-state index contributed by atoms with van der Waals surface area (Å²) in [5, 5.41) is 0. The monoisotopic (exact) mass is 208 g/mol. The van der Waals surface area contributed by atoms with E-state index in [0.29, 0.717) is 5.60 Å². The van der Waals surface area contributed by atoms with Gasteiger partial charge >= 0.3 is 0 Å². The molecule has 1 spiro atoms. The Labute approximate surface area is 93.6 Å². The Morgan fingerprint density at radius 1 is 1.07 bits per heavy atom. The first-order chi connectivity index (χ1) is 7.31. The van der Waals surface area contributed by atoms with Gasteiger partial charge in [0.1, 0.15) is 0 Å². The van der Waals surface area contributed by atoms with Gasteiger partial charge in [-0.2, -0.15) is 0 Å². The fourth-order valence-corrected chi connectivity index (χ4v) is 3.68. The third-order valence-corrected chi connectivity index (χ3v) is 5.24. The molecule has 0 aromatic carbocycles. The van der Waals surface area contributed by atoms with Crippen LogP contribution in [0.15, 0.2) is 0 Å². The normalized spacial score (nSPS) is 49.8. The Hall–Kier alpha value is -0.0400. The zero-order valence-electron chi connectivity index (χ0n) is 10.0. The maximum atomic E-state index is 6.28. The molecule has 1 saturated heterocycles. The summed E-state index contributed by atoms with van der Waals surface area (Å²) >= 11 is 0. The Balaban J connectivity index is 1.60. The summed E-state index contributed by atoms with van der Waals surface area (Å²) in [5.74, 6) is 3.00. The molecule has 0 unspecified atom stereocenters. The Kier molecular flexibility index (Phi) is 2.54. The number of rotatable bonds is 1. The van der Waals surface area contributed by atoms with Gasteiger partial charge in [-0.1, -0.05) is 13.3 Å². The second-order valence-corrected chi connectivity index (χ2v) is 6.14. The summed E-state index contributed by atoms with van der Waals surface area (Å²) in [6.07, 6.45) is 11.2. The molecule has 2 aliphatic carbocycles. The third kappa shape index (κ3) is 1.95. The van der Waals surface area contributed by atoms with E-state index in [9.17, 15) is 0 Å². The zero-order chi connectivity index (χ0) is 10.3. The van der Waals surface area contributed by atoms with E-state index in [2.05, 4.69) is 6.92 Å². The molecule has 3 aliphatic rings. The SMILES string of the molecule is CCC1CCC2(CC1)CC[C@@H]1C[C@H]1CO2. The highest BCUT2D eigenvalue weighted by atomic mass is 16.5. The molecule has 2 atom stereocenters. The summed E-state index contributed by atoms with van der Waals surface area (Å²) in [7, 11) is 0. The smallest absolute Gasteiger partial charge is 0.0683 e. The van der Waals surface area contributed by atoms with Crippen LogP contribution in [-0.4, -0.2) is 12.2 Å². The summed E-state index contributed by atoms with van der Waals surface area (Å²) < 4.78 is 6.28. The molecule has 15 heavy (non-hydrogen) atoms. The summed E-state index contributed by atoms with van der Waals surface area (Å²) in [6.45, 7) is 3.42. The fraction of sp³-hybridized carbons (Fsp3) is 1.00. The number of hydrogen-bond acceptors (Lipinski definition) is 1. The van der Waals surface area contributed by atoms with Crippen LogP contribution in [0.1, 0.15) is 58.3 Å². The Morgan fingerprint density at radius 3 is 2.53 bits per heavy atom. The molecular weight excluding hydrogens is 184 g/mol. The van der Waals surface area contributed by atoms with Crippen molar-refractivity contribution in [3.63, 3.8) is 0 Å². The fourth-order valence-electron chi connectivity index (χ4n) is 3.68. The van der Waals surface area contributed by atoms with E-state index in [1.54, 1.807) is 0 Å². The molecule has 86 valence electrons. The predicted molar refractivity (Wildman–Crippen MR) is 61.8 cm³/mol. The second-order valence-electron chi connectivity index (χ2n) is 6.14. The van der Waals surface area contributed by atoms with Gasteiger partial charge in [0.25, 0.3) is 0 Å². The van der Waals surface area contributed by atoms with Gasteiger partial charge in [-0.3, -0.25) is 0 Å². The van der Waals surface area contributed by atoms with E-state index in [-0.39, 0.29) is 0 Å². The van der Waals surface area contributed by atoms with Crippen molar-refractivity contribution in [2.24, 2.45) is 17.8 Å². The van der Waals surface area contributed by atoms with Crippen molar-refractivity contribution < 1.29 is 4.74 Å². The highest BCUT2D eigenvalue weighted by Gasteiger charge is 2.45. The van der Waals surface area contributed by atoms with Gasteiger partial charge in [-0.15, -0.1) is 0 Å². The van der Waals surface area contributed by atoms with Crippen molar-refractivity contribution in [1.29, 1.82) is 0 Å². The molecule has 0 amide bonds. The molecule has 2 saturated carbocycles.